The molecule has 2 aromatic rings. The number of amides is 3. The molecule has 9 atom stereocenters. The molecule has 5 heterocycles. The Labute approximate surface area is 324 Å². The van der Waals surface area contributed by atoms with E-state index in [0.29, 0.717) is 42.1 Å². The molecule has 0 unspecified atom stereocenters. The van der Waals surface area contributed by atoms with Gasteiger partial charge in [-0.05, 0) is 109 Å². The smallest absolute Gasteiger partial charge is 0.315 e. The summed E-state index contributed by atoms with van der Waals surface area (Å²) >= 11 is 1.94. The lowest BCUT2D eigenvalue weighted by Gasteiger charge is -2.53. The molecule has 3 saturated heterocycles. The molecule has 2 spiro atoms. The molecule has 2 bridgehead atoms. The Morgan fingerprint density at radius 3 is 2.72 bits per heavy atom. The van der Waals surface area contributed by atoms with Crippen LogP contribution < -0.4 is 16.0 Å². The van der Waals surface area contributed by atoms with Gasteiger partial charge in [0.15, 0.2) is 0 Å². The van der Waals surface area contributed by atoms with E-state index in [1.807, 2.05) is 24.2 Å². The average Bonchev–Trinajstić information content (AvgIpc) is 3.91. The molecule has 7 aliphatic rings. The highest BCUT2D eigenvalue weighted by molar-refractivity contribution is 8.00. The van der Waals surface area contributed by atoms with E-state index >= 15 is 0 Å². The molecular formula is C45H56N4O4S. The molecule has 286 valence electrons. The Kier molecular flexibility index (Phi) is 9.78. The van der Waals surface area contributed by atoms with Crippen LogP contribution in [0.25, 0.3) is 10.8 Å². The largest absolute Gasteiger partial charge is 0.359 e. The van der Waals surface area contributed by atoms with Crippen molar-refractivity contribution in [3.05, 3.63) is 77.7 Å². The van der Waals surface area contributed by atoms with E-state index in [2.05, 4.69) is 76.4 Å². The first-order chi connectivity index (χ1) is 26.2. The first kappa shape index (κ1) is 36.2. The standard InChI is InChI=1S/C45H56N4O4S/c1-43-20-18-33-25-32-14-15-34(47-40(51)11-5-3-2-4-8-35(50)9-6-7-10-38-41-37(28-54-38)48-42(52)49-41)26-44(32)21-22-45(33,53-44)39(43)17-16-36(43)30-13-12-29-19-23-46-27-31(29)24-30/h12-15,18-19,23-25,27,34,36-39,41H,2-11,16-17,20-22,26,28H2,1H3,(H,47,51)(H2,48,49,52)/t34-,36-,37+,38+,39-,41+,43-,44-,45-/m1/s1. The SMILES string of the molecule is C[C@]12CC=C3C=C4C=C[C@@H](NC(=O)CCCCCCC(=O)CCCC[C@@H]5SC[C@@H]6NC(=O)N[C@@H]65)C[C@]45CC[C@]3(O5)[C@@H]1CC[C@@H]2c1ccc2ccncc2c1. The van der Waals surface area contributed by atoms with Gasteiger partial charge in [-0.1, -0.05) is 62.6 Å². The minimum atomic E-state index is -0.328. The summed E-state index contributed by atoms with van der Waals surface area (Å²) in [6.07, 6.45) is 28.0. The van der Waals surface area contributed by atoms with Crippen molar-refractivity contribution in [1.82, 2.24) is 20.9 Å². The van der Waals surface area contributed by atoms with Crippen LogP contribution in [0, 0.1) is 11.3 Å². The number of carbonyl (C=O) groups excluding carboxylic acids is 3. The van der Waals surface area contributed by atoms with Crippen LogP contribution in [0.5, 0.6) is 0 Å². The number of unbranched alkanes of at least 4 members (excludes halogenated alkanes) is 4. The Bertz CT molecular complexity index is 1910. The number of allylic oxidation sites excluding steroid dienone is 1. The van der Waals surface area contributed by atoms with Gasteiger partial charge in [0.1, 0.15) is 5.78 Å². The van der Waals surface area contributed by atoms with Crippen molar-refractivity contribution < 1.29 is 19.1 Å². The molecule has 9 heteroatoms. The van der Waals surface area contributed by atoms with Crippen LogP contribution in [0.4, 0.5) is 4.79 Å². The van der Waals surface area contributed by atoms with Gasteiger partial charge >= 0.3 is 6.03 Å². The number of nitrogens with one attached hydrogen (secondary N) is 3. The second-order valence-electron chi connectivity index (χ2n) is 17.7. The van der Waals surface area contributed by atoms with Crippen molar-refractivity contribution >= 4 is 40.3 Å². The molecule has 0 radical (unpaired) electrons. The summed E-state index contributed by atoms with van der Waals surface area (Å²) in [6.45, 7) is 2.52. The first-order valence-corrected chi connectivity index (χ1v) is 21.9. The summed E-state index contributed by atoms with van der Waals surface area (Å²) in [5.74, 6) is 2.41. The van der Waals surface area contributed by atoms with E-state index in [1.165, 1.54) is 40.3 Å². The van der Waals surface area contributed by atoms with Crippen LogP contribution in [0.15, 0.2) is 72.1 Å². The summed E-state index contributed by atoms with van der Waals surface area (Å²) in [7, 11) is 0. The third kappa shape index (κ3) is 6.55. The summed E-state index contributed by atoms with van der Waals surface area (Å²) in [6, 6.07) is 9.53. The monoisotopic (exact) mass is 748 g/mol. The number of rotatable bonds is 14. The number of aromatic nitrogens is 1. The van der Waals surface area contributed by atoms with Crippen molar-refractivity contribution in [2.24, 2.45) is 11.3 Å². The highest BCUT2D eigenvalue weighted by Gasteiger charge is 2.66. The van der Waals surface area contributed by atoms with Crippen LogP contribution in [0.3, 0.4) is 0 Å². The second-order valence-corrected chi connectivity index (χ2v) is 18.9. The Morgan fingerprint density at radius 2 is 1.83 bits per heavy atom. The van der Waals surface area contributed by atoms with Crippen molar-refractivity contribution in [2.45, 2.75) is 150 Å². The van der Waals surface area contributed by atoms with Gasteiger partial charge in [0, 0.05) is 54.5 Å². The number of ether oxygens (including phenoxy) is 1. The van der Waals surface area contributed by atoms with Gasteiger partial charge in [0.05, 0.1) is 29.3 Å². The van der Waals surface area contributed by atoms with E-state index in [0.717, 1.165) is 76.4 Å². The quantitative estimate of drug-likeness (QED) is 0.132. The van der Waals surface area contributed by atoms with Crippen LogP contribution in [0.2, 0.25) is 0 Å². The van der Waals surface area contributed by atoms with Gasteiger partial charge in [-0.15, -0.1) is 0 Å². The number of pyridine rings is 1. The zero-order chi connectivity index (χ0) is 36.9. The number of fused-ring (bicyclic) bond motifs is 3. The number of hydrogen-bond acceptors (Lipinski definition) is 6. The van der Waals surface area contributed by atoms with Crippen LogP contribution >= 0.6 is 11.8 Å². The van der Waals surface area contributed by atoms with E-state index < -0.39 is 0 Å². The normalized spacial score (nSPS) is 35.7. The number of thioether (sulfide) groups is 1. The van der Waals surface area contributed by atoms with Crippen LogP contribution in [-0.2, 0) is 14.3 Å². The third-order valence-electron chi connectivity index (χ3n) is 14.5. The third-order valence-corrected chi connectivity index (χ3v) is 16.0. The highest BCUT2D eigenvalue weighted by Crippen LogP contribution is 2.69. The molecule has 4 fully saturated rings. The minimum Gasteiger partial charge on any atom is -0.359 e. The first-order valence-electron chi connectivity index (χ1n) is 20.9. The lowest BCUT2D eigenvalue weighted by molar-refractivity contribution is -0.132. The molecule has 54 heavy (non-hydrogen) atoms. The van der Waals surface area contributed by atoms with E-state index in [4.69, 9.17) is 4.74 Å². The van der Waals surface area contributed by atoms with Gasteiger partial charge in [0.25, 0.3) is 0 Å². The fourth-order valence-corrected chi connectivity index (χ4v) is 13.3. The van der Waals surface area contributed by atoms with Gasteiger partial charge in [-0.3, -0.25) is 14.6 Å². The maximum Gasteiger partial charge on any atom is 0.315 e. The number of carbonyl (C=O) groups is 3. The zero-order valence-electron chi connectivity index (χ0n) is 31.7. The van der Waals surface area contributed by atoms with E-state index in [9.17, 15) is 14.4 Å². The fourth-order valence-electron chi connectivity index (χ4n) is 11.7. The molecule has 1 aromatic heterocycles. The van der Waals surface area contributed by atoms with Crippen molar-refractivity contribution in [1.29, 1.82) is 0 Å². The fraction of sp³-hybridized carbons (Fsp3) is 0.600. The summed E-state index contributed by atoms with van der Waals surface area (Å²) < 4.78 is 7.45. The molecule has 3 amide bonds. The van der Waals surface area contributed by atoms with Crippen molar-refractivity contribution in [3.63, 3.8) is 0 Å². The number of hydrogen-bond donors (Lipinski definition) is 3. The average molecular weight is 749 g/mol. The van der Waals surface area contributed by atoms with Crippen LogP contribution in [-0.4, -0.2) is 63.0 Å². The second kappa shape index (κ2) is 14.6. The lowest BCUT2D eigenvalue weighted by Crippen LogP contribution is -2.54. The topological polar surface area (TPSA) is 109 Å². The van der Waals surface area contributed by atoms with E-state index in [1.54, 1.807) is 0 Å². The van der Waals surface area contributed by atoms with Gasteiger partial charge < -0.3 is 20.7 Å². The molecule has 3 aliphatic carbocycles. The van der Waals surface area contributed by atoms with Gasteiger partial charge in [-0.2, -0.15) is 11.8 Å². The summed E-state index contributed by atoms with van der Waals surface area (Å²) in [4.78, 5) is 41.6. The molecular weight excluding hydrogens is 693 g/mol. The Balaban J connectivity index is 0.718. The van der Waals surface area contributed by atoms with Gasteiger partial charge in [0.2, 0.25) is 5.91 Å². The van der Waals surface area contributed by atoms with Crippen LogP contribution in [0.1, 0.15) is 121 Å². The van der Waals surface area contributed by atoms with Crippen molar-refractivity contribution in [2.75, 3.05) is 5.75 Å². The van der Waals surface area contributed by atoms with Crippen molar-refractivity contribution in [3.8, 4) is 0 Å². The Hall–Kier alpha value is -3.43. The maximum absolute atomic E-state index is 13.1. The predicted octanol–water partition coefficient (Wildman–Crippen LogP) is 8.37. The number of nitrogens with zero attached hydrogens (tertiary/aromatic N) is 1. The summed E-state index contributed by atoms with van der Waals surface area (Å²) in [5.41, 5.74) is 3.67. The molecule has 9 rings (SSSR count). The Morgan fingerprint density at radius 1 is 0.981 bits per heavy atom. The predicted molar refractivity (Wildman–Crippen MR) is 214 cm³/mol. The minimum absolute atomic E-state index is 0.0206. The zero-order valence-corrected chi connectivity index (χ0v) is 32.6. The van der Waals surface area contributed by atoms with E-state index in [-0.39, 0.29) is 46.7 Å². The molecule has 4 aliphatic heterocycles. The molecule has 1 saturated carbocycles. The number of urea groups is 1. The maximum atomic E-state index is 13.1. The molecule has 3 N–H and O–H groups in total. The highest BCUT2D eigenvalue weighted by atomic mass is 32.2. The lowest BCUT2D eigenvalue weighted by atomic mass is 9.58. The number of ketones is 1. The molecule has 8 nitrogen and oxygen atoms in total. The molecule has 1 aromatic carbocycles. The number of Topliss-reactive ketones (excluding diaryl/α,β-unsaturated/α-hetero) is 1. The van der Waals surface area contributed by atoms with Gasteiger partial charge in [-0.25, -0.2) is 4.79 Å². The number of benzene rings is 1. The summed E-state index contributed by atoms with van der Waals surface area (Å²) in [5, 5.41) is 12.3.